The predicted octanol–water partition coefficient (Wildman–Crippen LogP) is 1.26. The van der Waals surface area contributed by atoms with Crippen LogP contribution in [0.2, 0.25) is 0 Å². The Morgan fingerprint density at radius 3 is 3.12 bits per heavy atom. The topological polar surface area (TPSA) is 45.3 Å². The predicted molar refractivity (Wildman–Crippen MR) is 59.1 cm³/mol. The zero-order valence-corrected chi connectivity index (χ0v) is 9.35. The highest BCUT2D eigenvalue weighted by Crippen LogP contribution is 2.33. The second kappa shape index (κ2) is 3.63. The molecular weight excluding hydrogens is 204 g/mol. The number of nitrogens with zero attached hydrogens (tertiary/aromatic N) is 1. The average Bonchev–Trinajstić information content (AvgIpc) is 2.89. The van der Waals surface area contributed by atoms with E-state index in [1.165, 1.54) is 0 Å². The van der Waals surface area contributed by atoms with E-state index in [0.29, 0.717) is 12.0 Å². The van der Waals surface area contributed by atoms with Crippen LogP contribution in [0, 0.1) is 5.92 Å². The number of fused-ring (bicyclic) bond motifs is 1. The molecule has 1 aromatic heterocycles. The average molecular weight is 220 g/mol. The van der Waals surface area contributed by atoms with E-state index in [9.17, 15) is 4.79 Å². The Morgan fingerprint density at radius 2 is 2.44 bits per heavy atom. The van der Waals surface area contributed by atoms with Crippen molar-refractivity contribution in [2.45, 2.75) is 25.6 Å². The SMILES string of the molecule is C[C@H]1C[C@@H]2CN(C(=O)c3cc[nH]c3)C[C@@H]2O1. The van der Waals surface area contributed by atoms with E-state index in [-0.39, 0.29) is 12.0 Å². The number of carbonyl (C=O) groups is 1. The fourth-order valence-electron chi connectivity index (χ4n) is 2.81. The first-order valence-electron chi connectivity index (χ1n) is 5.81. The maximum atomic E-state index is 12.1. The van der Waals surface area contributed by atoms with Crippen LogP contribution in [0.4, 0.5) is 0 Å². The largest absolute Gasteiger partial charge is 0.373 e. The van der Waals surface area contributed by atoms with Gasteiger partial charge < -0.3 is 14.6 Å². The van der Waals surface area contributed by atoms with Crippen molar-refractivity contribution >= 4 is 5.91 Å². The lowest BCUT2D eigenvalue weighted by molar-refractivity contribution is 0.0443. The number of ether oxygens (including phenoxy) is 1. The van der Waals surface area contributed by atoms with Crippen molar-refractivity contribution in [3.8, 4) is 0 Å². The van der Waals surface area contributed by atoms with Crippen molar-refractivity contribution in [1.82, 2.24) is 9.88 Å². The summed E-state index contributed by atoms with van der Waals surface area (Å²) in [6, 6.07) is 1.82. The summed E-state index contributed by atoms with van der Waals surface area (Å²) in [6.07, 6.45) is 5.24. The number of carbonyl (C=O) groups excluding carboxylic acids is 1. The van der Waals surface area contributed by atoms with E-state index >= 15 is 0 Å². The first-order valence-corrected chi connectivity index (χ1v) is 5.81. The Kier molecular flexibility index (Phi) is 2.24. The molecule has 2 aliphatic heterocycles. The molecule has 0 saturated carbocycles. The number of nitrogens with one attached hydrogen (secondary N) is 1. The van der Waals surface area contributed by atoms with E-state index < -0.39 is 0 Å². The molecule has 16 heavy (non-hydrogen) atoms. The van der Waals surface area contributed by atoms with Crippen molar-refractivity contribution in [3.05, 3.63) is 24.0 Å². The minimum atomic E-state index is 0.118. The second-order valence-electron chi connectivity index (χ2n) is 4.79. The van der Waals surface area contributed by atoms with Crippen LogP contribution >= 0.6 is 0 Å². The fraction of sp³-hybridized carbons (Fsp3) is 0.583. The highest BCUT2D eigenvalue weighted by molar-refractivity contribution is 5.94. The summed E-state index contributed by atoms with van der Waals surface area (Å²) < 4.78 is 5.78. The maximum Gasteiger partial charge on any atom is 0.255 e. The number of rotatable bonds is 1. The maximum absolute atomic E-state index is 12.1. The number of aromatic nitrogens is 1. The molecule has 1 amide bonds. The van der Waals surface area contributed by atoms with Gasteiger partial charge in [0.2, 0.25) is 0 Å². The van der Waals surface area contributed by atoms with Gasteiger partial charge in [-0.25, -0.2) is 0 Å². The third-order valence-electron chi connectivity index (χ3n) is 3.55. The molecule has 0 bridgehead atoms. The fourth-order valence-corrected chi connectivity index (χ4v) is 2.81. The van der Waals surface area contributed by atoms with Gasteiger partial charge in [-0.05, 0) is 19.4 Å². The molecule has 0 aromatic carbocycles. The molecule has 3 atom stereocenters. The van der Waals surface area contributed by atoms with Gasteiger partial charge in [0.05, 0.1) is 17.8 Å². The monoisotopic (exact) mass is 220 g/mol. The molecule has 3 rings (SSSR count). The standard InChI is InChI=1S/C12H16N2O2/c1-8-4-10-6-14(7-11(10)16-8)12(15)9-2-3-13-5-9/h2-3,5,8,10-11,13H,4,6-7H2,1H3/t8-,10+,11-/m0/s1. The first-order chi connectivity index (χ1) is 7.74. The number of hydrogen-bond acceptors (Lipinski definition) is 2. The molecule has 4 nitrogen and oxygen atoms in total. The summed E-state index contributed by atoms with van der Waals surface area (Å²) in [5.41, 5.74) is 0.744. The summed E-state index contributed by atoms with van der Waals surface area (Å²) in [5.74, 6) is 0.657. The lowest BCUT2D eigenvalue weighted by Crippen LogP contribution is -2.30. The second-order valence-corrected chi connectivity index (χ2v) is 4.79. The summed E-state index contributed by atoms with van der Waals surface area (Å²) in [4.78, 5) is 16.9. The van der Waals surface area contributed by atoms with Gasteiger partial charge in [-0.3, -0.25) is 4.79 Å². The molecule has 86 valence electrons. The quantitative estimate of drug-likeness (QED) is 0.774. The highest BCUT2D eigenvalue weighted by atomic mass is 16.5. The number of likely N-dealkylation sites (tertiary alicyclic amines) is 1. The lowest BCUT2D eigenvalue weighted by Gasteiger charge is -2.17. The first kappa shape index (κ1) is 9.90. The minimum Gasteiger partial charge on any atom is -0.373 e. The number of amides is 1. The van der Waals surface area contributed by atoms with E-state index in [4.69, 9.17) is 4.74 Å². The van der Waals surface area contributed by atoms with Crippen LogP contribution in [0.15, 0.2) is 18.5 Å². The van der Waals surface area contributed by atoms with Crippen molar-refractivity contribution < 1.29 is 9.53 Å². The molecule has 0 spiro atoms. The smallest absolute Gasteiger partial charge is 0.255 e. The van der Waals surface area contributed by atoms with E-state index in [1.54, 1.807) is 12.4 Å². The normalized spacial score (nSPS) is 33.1. The van der Waals surface area contributed by atoms with Gasteiger partial charge in [0.15, 0.2) is 0 Å². The van der Waals surface area contributed by atoms with Crippen molar-refractivity contribution in [2.75, 3.05) is 13.1 Å². The Hall–Kier alpha value is -1.29. The zero-order chi connectivity index (χ0) is 11.1. The van der Waals surface area contributed by atoms with Crippen LogP contribution in [0.25, 0.3) is 0 Å². The van der Waals surface area contributed by atoms with Gasteiger partial charge in [0.1, 0.15) is 0 Å². The van der Waals surface area contributed by atoms with E-state index in [2.05, 4.69) is 11.9 Å². The molecule has 2 saturated heterocycles. The van der Waals surface area contributed by atoms with Crippen LogP contribution < -0.4 is 0 Å². The number of H-pyrrole nitrogens is 1. The summed E-state index contributed by atoms with van der Waals surface area (Å²) in [5, 5.41) is 0. The molecule has 3 heterocycles. The molecule has 4 heteroatoms. The Labute approximate surface area is 94.6 Å². The van der Waals surface area contributed by atoms with Crippen molar-refractivity contribution in [3.63, 3.8) is 0 Å². The van der Waals surface area contributed by atoms with Gasteiger partial charge in [-0.15, -0.1) is 0 Å². The Bertz CT molecular complexity index is 374. The lowest BCUT2D eigenvalue weighted by atomic mass is 10.0. The van der Waals surface area contributed by atoms with Crippen LogP contribution in [-0.4, -0.2) is 41.1 Å². The van der Waals surface area contributed by atoms with Gasteiger partial charge in [0, 0.05) is 31.4 Å². The molecule has 0 unspecified atom stereocenters. The molecule has 2 fully saturated rings. The third-order valence-corrected chi connectivity index (χ3v) is 3.55. The van der Waals surface area contributed by atoms with Gasteiger partial charge in [-0.1, -0.05) is 0 Å². The van der Waals surface area contributed by atoms with Crippen LogP contribution in [0.1, 0.15) is 23.7 Å². The minimum absolute atomic E-state index is 0.118. The van der Waals surface area contributed by atoms with E-state index in [1.807, 2.05) is 11.0 Å². The molecular formula is C12H16N2O2. The summed E-state index contributed by atoms with van der Waals surface area (Å²) in [7, 11) is 0. The molecule has 0 aliphatic carbocycles. The summed E-state index contributed by atoms with van der Waals surface area (Å²) >= 11 is 0. The molecule has 1 N–H and O–H groups in total. The van der Waals surface area contributed by atoms with Gasteiger partial charge in [-0.2, -0.15) is 0 Å². The van der Waals surface area contributed by atoms with Gasteiger partial charge in [0.25, 0.3) is 5.91 Å². The molecule has 1 aromatic rings. The Balaban J connectivity index is 1.69. The number of aromatic amines is 1. The highest BCUT2D eigenvalue weighted by Gasteiger charge is 2.42. The van der Waals surface area contributed by atoms with Crippen LogP contribution in [-0.2, 0) is 4.74 Å². The van der Waals surface area contributed by atoms with Crippen LogP contribution in [0.3, 0.4) is 0 Å². The number of hydrogen-bond donors (Lipinski definition) is 1. The van der Waals surface area contributed by atoms with Gasteiger partial charge >= 0.3 is 0 Å². The van der Waals surface area contributed by atoms with Crippen molar-refractivity contribution in [1.29, 1.82) is 0 Å². The molecule has 2 aliphatic rings. The summed E-state index contributed by atoms with van der Waals surface area (Å²) in [6.45, 7) is 3.70. The van der Waals surface area contributed by atoms with Crippen molar-refractivity contribution in [2.24, 2.45) is 5.92 Å². The molecule has 0 radical (unpaired) electrons. The Morgan fingerprint density at radius 1 is 1.56 bits per heavy atom. The van der Waals surface area contributed by atoms with E-state index in [0.717, 1.165) is 25.1 Å². The zero-order valence-electron chi connectivity index (χ0n) is 9.35. The third kappa shape index (κ3) is 1.53. The van der Waals surface area contributed by atoms with Crippen LogP contribution in [0.5, 0.6) is 0 Å².